The first-order valence-electron chi connectivity index (χ1n) is 7.40. The van der Waals surface area contributed by atoms with Gasteiger partial charge in [-0.2, -0.15) is 11.8 Å². The number of ether oxygens (including phenoxy) is 1. The molecule has 5 heteroatoms. The van der Waals surface area contributed by atoms with E-state index in [0.717, 1.165) is 55.4 Å². The molecule has 2 rings (SSSR count). The number of hydrogen-bond acceptors (Lipinski definition) is 4. The van der Waals surface area contributed by atoms with Crippen LogP contribution in [0.4, 0.5) is 5.69 Å². The molecule has 0 bridgehead atoms. The Morgan fingerprint density at radius 2 is 2.10 bits per heavy atom. The van der Waals surface area contributed by atoms with E-state index in [1.165, 1.54) is 0 Å². The molecule has 1 aliphatic heterocycles. The molecular formula is C16H24N2O2S. The summed E-state index contributed by atoms with van der Waals surface area (Å²) in [7, 11) is 0. The molecule has 0 aromatic heterocycles. The molecular weight excluding hydrogens is 284 g/mol. The summed E-state index contributed by atoms with van der Waals surface area (Å²) in [6.07, 6.45) is 0. The molecule has 0 aliphatic carbocycles. The molecule has 1 saturated heterocycles. The summed E-state index contributed by atoms with van der Waals surface area (Å²) >= 11 is 1.69. The molecule has 1 heterocycles. The molecule has 1 fully saturated rings. The molecule has 1 aromatic carbocycles. The topological polar surface area (TPSA) is 41.6 Å². The number of anilines is 1. The molecule has 0 radical (unpaired) electrons. The summed E-state index contributed by atoms with van der Waals surface area (Å²) in [5.41, 5.74) is 3.19. The first-order valence-corrected chi connectivity index (χ1v) is 8.55. The largest absolute Gasteiger partial charge is 0.379 e. The van der Waals surface area contributed by atoms with Crippen LogP contribution in [0.2, 0.25) is 0 Å². The average molecular weight is 308 g/mol. The van der Waals surface area contributed by atoms with Crippen LogP contribution in [0, 0.1) is 13.8 Å². The van der Waals surface area contributed by atoms with Crippen molar-refractivity contribution in [3.63, 3.8) is 0 Å². The van der Waals surface area contributed by atoms with E-state index < -0.39 is 0 Å². The lowest BCUT2D eigenvalue weighted by Gasteiger charge is -2.26. The summed E-state index contributed by atoms with van der Waals surface area (Å²) in [6.45, 7) is 8.76. The normalized spacial score (nSPS) is 15.9. The number of thioether (sulfide) groups is 1. The van der Waals surface area contributed by atoms with Crippen molar-refractivity contribution >= 4 is 23.4 Å². The van der Waals surface area contributed by atoms with E-state index in [-0.39, 0.29) is 5.91 Å². The van der Waals surface area contributed by atoms with Gasteiger partial charge in [0, 0.05) is 31.1 Å². The van der Waals surface area contributed by atoms with Gasteiger partial charge in [-0.15, -0.1) is 0 Å². The highest BCUT2D eigenvalue weighted by Crippen LogP contribution is 2.16. The fourth-order valence-electron chi connectivity index (χ4n) is 2.24. The summed E-state index contributed by atoms with van der Waals surface area (Å²) in [5, 5.41) is 3.00. The van der Waals surface area contributed by atoms with Crippen molar-refractivity contribution in [1.29, 1.82) is 0 Å². The van der Waals surface area contributed by atoms with Crippen LogP contribution >= 0.6 is 11.8 Å². The van der Waals surface area contributed by atoms with Crippen LogP contribution in [-0.2, 0) is 9.53 Å². The summed E-state index contributed by atoms with van der Waals surface area (Å²) in [6, 6.07) is 6.12. The number of amides is 1. The minimum absolute atomic E-state index is 0.0793. The van der Waals surface area contributed by atoms with Gasteiger partial charge in [0.1, 0.15) is 0 Å². The third kappa shape index (κ3) is 5.69. The second-order valence-electron chi connectivity index (χ2n) is 5.37. The van der Waals surface area contributed by atoms with Gasteiger partial charge in [0.25, 0.3) is 0 Å². The van der Waals surface area contributed by atoms with Gasteiger partial charge in [-0.05, 0) is 31.0 Å². The predicted octanol–water partition coefficient (Wildman–Crippen LogP) is 2.31. The standard InChI is InChI=1S/C16H24N2O2S/c1-13-3-4-14(2)15(11-13)17-16(19)12-21-10-7-18-5-8-20-9-6-18/h3-4,11H,5-10,12H2,1-2H3,(H,17,19). The van der Waals surface area contributed by atoms with Crippen LogP contribution in [0.3, 0.4) is 0 Å². The number of carbonyl (C=O) groups excluding carboxylic acids is 1. The van der Waals surface area contributed by atoms with Crippen molar-refractivity contribution in [2.75, 3.05) is 49.7 Å². The number of nitrogens with zero attached hydrogens (tertiary/aromatic N) is 1. The van der Waals surface area contributed by atoms with E-state index in [1.54, 1.807) is 11.8 Å². The molecule has 0 saturated carbocycles. The molecule has 0 spiro atoms. The van der Waals surface area contributed by atoms with Crippen molar-refractivity contribution in [2.45, 2.75) is 13.8 Å². The lowest BCUT2D eigenvalue weighted by molar-refractivity contribution is -0.113. The van der Waals surface area contributed by atoms with Crippen LogP contribution < -0.4 is 5.32 Å². The van der Waals surface area contributed by atoms with Crippen LogP contribution in [0.25, 0.3) is 0 Å². The van der Waals surface area contributed by atoms with Crippen LogP contribution in [0.5, 0.6) is 0 Å². The molecule has 0 atom stereocenters. The molecule has 21 heavy (non-hydrogen) atoms. The zero-order valence-corrected chi connectivity index (χ0v) is 13.7. The van der Waals surface area contributed by atoms with E-state index in [4.69, 9.17) is 4.74 Å². The van der Waals surface area contributed by atoms with E-state index in [9.17, 15) is 4.79 Å². The molecule has 116 valence electrons. The van der Waals surface area contributed by atoms with Gasteiger partial charge in [-0.1, -0.05) is 12.1 Å². The highest BCUT2D eigenvalue weighted by molar-refractivity contribution is 7.99. The number of hydrogen-bond donors (Lipinski definition) is 1. The highest BCUT2D eigenvalue weighted by atomic mass is 32.2. The van der Waals surface area contributed by atoms with Gasteiger partial charge in [-0.3, -0.25) is 9.69 Å². The van der Waals surface area contributed by atoms with Crippen molar-refractivity contribution in [3.8, 4) is 0 Å². The zero-order valence-electron chi connectivity index (χ0n) is 12.9. The molecule has 1 aliphatic rings. The Bertz CT molecular complexity index is 473. The lowest BCUT2D eigenvalue weighted by Crippen LogP contribution is -2.37. The van der Waals surface area contributed by atoms with E-state index in [0.29, 0.717) is 5.75 Å². The van der Waals surface area contributed by atoms with E-state index in [1.807, 2.05) is 26.0 Å². The smallest absolute Gasteiger partial charge is 0.234 e. The number of benzene rings is 1. The van der Waals surface area contributed by atoms with Crippen molar-refractivity contribution in [2.24, 2.45) is 0 Å². The van der Waals surface area contributed by atoms with Gasteiger partial charge in [0.15, 0.2) is 0 Å². The van der Waals surface area contributed by atoms with E-state index >= 15 is 0 Å². The van der Waals surface area contributed by atoms with Crippen LogP contribution in [-0.4, -0.2) is 55.2 Å². The maximum Gasteiger partial charge on any atom is 0.234 e. The van der Waals surface area contributed by atoms with Crippen molar-refractivity contribution < 1.29 is 9.53 Å². The van der Waals surface area contributed by atoms with E-state index in [2.05, 4.69) is 16.3 Å². The second kappa shape index (κ2) is 8.41. The first kappa shape index (κ1) is 16.3. The van der Waals surface area contributed by atoms with Gasteiger partial charge in [0.2, 0.25) is 5.91 Å². The maximum atomic E-state index is 12.0. The van der Waals surface area contributed by atoms with Gasteiger partial charge < -0.3 is 10.1 Å². The van der Waals surface area contributed by atoms with Crippen LogP contribution in [0.15, 0.2) is 18.2 Å². The minimum Gasteiger partial charge on any atom is -0.379 e. The maximum absolute atomic E-state index is 12.0. The number of morpholine rings is 1. The van der Waals surface area contributed by atoms with Gasteiger partial charge in [-0.25, -0.2) is 0 Å². The fraction of sp³-hybridized carbons (Fsp3) is 0.562. The Kier molecular flexibility index (Phi) is 6.54. The molecule has 1 amide bonds. The van der Waals surface area contributed by atoms with Gasteiger partial charge >= 0.3 is 0 Å². The number of aryl methyl sites for hydroxylation is 2. The number of rotatable bonds is 6. The number of carbonyl (C=O) groups is 1. The Labute approximate surface area is 131 Å². The van der Waals surface area contributed by atoms with Crippen molar-refractivity contribution in [1.82, 2.24) is 4.90 Å². The Balaban J connectivity index is 1.66. The second-order valence-corrected chi connectivity index (χ2v) is 6.48. The summed E-state index contributed by atoms with van der Waals surface area (Å²) < 4.78 is 5.32. The Morgan fingerprint density at radius 1 is 1.33 bits per heavy atom. The monoisotopic (exact) mass is 308 g/mol. The number of nitrogens with one attached hydrogen (secondary N) is 1. The molecule has 1 aromatic rings. The van der Waals surface area contributed by atoms with Crippen molar-refractivity contribution in [3.05, 3.63) is 29.3 Å². The fourth-order valence-corrected chi connectivity index (χ4v) is 3.03. The Morgan fingerprint density at radius 3 is 2.86 bits per heavy atom. The van der Waals surface area contributed by atoms with Gasteiger partial charge in [0.05, 0.1) is 19.0 Å². The third-order valence-corrected chi connectivity index (χ3v) is 4.49. The molecule has 0 unspecified atom stereocenters. The summed E-state index contributed by atoms with van der Waals surface area (Å²) in [4.78, 5) is 14.3. The lowest BCUT2D eigenvalue weighted by atomic mass is 10.1. The average Bonchev–Trinajstić information content (AvgIpc) is 2.48. The Hall–Kier alpha value is -1.04. The third-order valence-electron chi connectivity index (χ3n) is 3.56. The molecule has 4 nitrogen and oxygen atoms in total. The van der Waals surface area contributed by atoms with Crippen LogP contribution in [0.1, 0.15) is 11.1 Å². The zero-order chi connectivity index (χ0) is 15.1. The summed E-state index contributed by atoms with van der Waals surface area (Å²) in [5.74, 6) is 1.58. The minimum atomic E-state index is 0.0793. The predicted molar refractivity (Wildman–Crippen MR) is 89.1 cm³/mol. The SMILES string of the molecule is Cc1ccc(C)c(NC(=O)CSCCN2CCOCC2)c1. The first-order chi connectivity index (χ1) is 10.1. The molecule has 1 N–H and O–H groups in total. The highest BCUT2D eigenvalue weighted by Gasteiger charge is 2.10. The quantitative estimate of drug-likeness (QED) is 0.819.